The summed E-state index contributed by atoms with van der Waals surface area (Å²) in [6.07, 6.45) is 1.06. The van der Waals surface area contributed by atoms with Crippen LogP contribution >= 0.6 is 0 Å². The third-order valence-electron chi connectivity index (χ3n) is 3.21. The molecule has 1 rings (SSSR count). The second-order valence-corrected chi connectivity index (χ2v) is 5.61. The van der Waals surface area contributed by atoms with Gasteiger partial charge in [0.05, 0.1) is 6.61 Å². The summed E-state index contributed by atoms with van der Waals surface area (Å²) >= 11 is 0. The lowest BCUT2D eigenvalue weighted by atomic mass is 9.79. The lowest BCUT2D eigenvalue weighted by molar-refractivity contribution is 0.234. The highest BCUT2D eigenvalue weighted by molar-refractivity contribution is 5.23. The van der Waals surface area contributed by atoms with E-state index < -0.39 is 0 Å². The van der Waals surface area contributed by atoms with Crippen LogP contribution in [0.4, 0.5) is 0 Å². The van der Waals surface area contributed by atoms with Crippen LogP contribution in [0.5, 0.6) is 0 Å². The van der Waals surface area contributed by atoms with E-state index in [1.54, 1.807) is 0 Å². The SMILES string of the molecule is CC(CC(C)(C)c1ccccc1)N[C@@H](C)CO. The van der Waals surface area contributed by atoms with Crippen LogP contribution in [0.1, 0.15) is 39.7 Å². The summed E-state index contributed by atoms with van der Waals surface area (Å²) in [5, 5.41) is 12.4. The molecule has 0 aliphatic rings. The molecule has 0 saturated heterocycles. The quantitative estimate of drug-likeness (QED) is 0.794. The van der Waals surface area contributed by atoms with E-state index in [1.165, 1.54) is 5.56 Å². The summed E-state index contributed by atoms with van der Waals surface area (Å²) in [7, 11) is 0. The Hall–Kier alpha value is -0.860. The fourth-order valence-electron chi connectivity index (χ4n) is 2.37. The number of aliphatic hydroxyl groups is 1. The summed E-state index contributed by atoms with van der Waals surface area (Å²) in [6, 6.07) is 11.2. The highest BCUT2D eigenvalue weighted by Gasteiger charge is 2.23. The molecule has 1 unspecified atom stereocenters. The molecule has 2 nitrogen and oxygen atoms in total. The first-order chi connectivity index (χ1) is 7.95. The number of hydrogen-bond donors (Lipinski definition) is 2. The van der Waals surface area contributed by atoms with Crippen molar-refractivity contribution in [3.05, 3.63) is 35.9 Å². The average Bonchev–Trinajstić information content (AvgIpc) is 2.29. The monoisotopic (exact) mass is 235 g/mol. The highest BCUT2D eigenvalue weighted by atomic mass is 16.3. The van der Waals surface area contributed by atoms with Crippen molar-refractivity contribution in [1.82, 2.24) is 5.32 Å². The van der Waals surface area contributed by atoms with Crippen LogP contribution in [-0.2, 0) is 5.41 Å². The van der Waals surface area contributed by atoms with Crippen LogP contribution in [-0.4, -0.2) is 23.8 Å². The Balaban J connectivity index is 2.60. The maximum atomic E-state index is 9.04. The van der Waals surface area contributed by atoms with Crippen molar-refractivity contribution in [3.63, 3.8) is 0 Å². The summed E-state index contributed by atoms with van der Waals surface area (Å²) in [5.41, 5.74) is 1.52. The number of hydrogen-bond acceptors (Lipinski definition) is 2. The second-order valence-electron chi connectivity index (χ2n) is 5.61. The van der Waals surface area contributed by atoms with E-state index >= 15 is 0 Å². The molecule has 0 aliphatic carbocycles. The van der Waals surface area contributed by atoms with Gasteiger partial charge in [0, 0.05) is 12.1 Å². The minimum Gasteiger partial charge on any atom is -0.395 e. The highest BCUT2D eigenvalue weighted by Crippen LogP contribution is 2.28. The lowest BCUT2D eigenvalue weighted by Crippen LogP contribution is -2.40. The fraction of sp³-hybridized carbons (Fsp3) is 0.600. The van der Waals surface area contributed by atoms with Gasteiger partial charge in [-0.1, -0.05) is 44.2 Å². The molecule has 0 saturated carbocycles. The van der Waals surface area contributed by atoms with Gasteiger partial charge in [0.1, 0.15) is 0 Å². The molecule has 96 valence electrons. The van der Waals surface area contributed by atoms with Gasteiger partial charge in [-0.25, -0.2) is 0 Å². The Labute approximate surface area is 105 Å². The third kappa shape index (κ3) is 4.49. The smallest absolute Gasteiger partial charge is 0.0582 e. The molecule has 2 N–H and O–H groups in total. The molecule has 1 aromatic carbocycles. The zero-order valence-electron chi connectivity index (χ0n) is 11.4. The Morgan fingerprint density at radius 3 is 2.24 bits per heavy atom. The molecule has 0 amide bonds. The first-order valence-electron chi connectivity index (χ1n) is 6.38. The molecule has 0 spiro atoms. The minimum absolute atomic E-state index is 0.156. The van der Waals surface area contributed by atoms with E-state index in [1.807, 2.05) is 6.92 Å². The number of nitrogens with one attached hydrogen (secondary N) is 1. The van der Waals surface area contributed by atoms with Gasteiger partial charge in [-0.3, -0.25) is 0 Å². The summed E-state index contributed by atoms with van der Waals surface area (Å²) in [6.45, 7) is 8.91. The molecule has 0 bridgehead atoms. The van der Waals surface area contributed by atoms with E-state index in [4.69, 9.17) is 5.11 Å². The number of rotatable bonds is 6. The lowest BCUT2D eigenvalue weighted by Gasteiger charge is -2.30. The normalized spacial score (nSPS) is 15.6. The first kappa shape index (κ1) is 14.2. The van der Waals surface area contributed by atoms with E-state index in [2.05, 4.69) is 56.4 Å². The van der Waals surface area contributed by atoms with Crippen molar-refractivity contribution in [3.8, 4) is 0 Å². The summed E-state index contributed by atoms with van der Waals surface area (Å²) in [5.74, 6) is 0. The van der Waals surface area contributed by atoms with Crippen molar-refractivity contribution in [2.45, 2.75) is 51.6 Å². The maximum absolute atomic E-state index is 9.04. The molecular weight excluding hydrogens is 210 g/mol. The van der Waals surface area contributed by atoms with Gasteiger partial charge in [-0.15, -0.1) is 0 Å². The molecule has 0 aliphatic heterocycles. The molecule has 0 aromatic heterocycles. The van der Waals surface area contributed by atoms with Crippen molar-refractivity contribution < 1.29 is 5.11 Å². The van der Waals surface area contributed by atoms with Crippen LogP contribution in [0.25, 0.3) is 0 Å². The van der Waals surface area contributed by atoms with Crippen molar-refractivity contribution in [2.24, 2.45) is 0 Å². The Kier molecular flexibility index (Phi) is 5.16. The van der Waals surface area contributed by atoms with E-state index in [-0.39, 0.29) is 18.1 Å². The summed E-state index contributed by atoms with van der Waals surface area (Å²) in [4.78, 5) is 0. The maximum Gasteiger partial charge on any atom is 0.0582 e. The van der Waals surface area contributed by atoms with E-state index in [0.29, 0.717) is 6.04 Å². The number of benzene rings is 1. The average molecular weight is 235 g/mol. The number of aliphatic hydroxyl groups excluding tert-OH is 1. The molecule has 1 aromatic rings. The second kappa shape index (κ2) is 6.18. The topological polar surface area (TPSA) is 32.3 Å². The zero-order chi connectivity index (χ0) is 12.9. The van der Waals surface area contributed by atoms with Crippen molar-refractivity contribution >= 4 is 0 Å². The van der Waals surface area contributed by atoms with Gasteiger partial charge >= 0.3 is 0 Å². The van der Waals surface area contributed by atoms with E-state index in [0.717, 1.165) is 6.42 Å². The van der Waals surface area contributed by atoms with Crippen LogP contribution in [0, 0.1) is 0 Å². The van der Waals surface area contributed by atoms with Crippen LogP contribution < -0.4 is 5.32 Å². The van der Waals surface area contributed by atoms with Crippen molar-refractivity contribution in [1.29, 1.82) is 0 Å². The Morgan fingerprint density at radius 1 is 1.12 bits per heavy atom. The van der Waals surface area contributed by atoms with Gasteiger partial charge in [-0.2, -0.15) is 0 Å². The van der Waals surface area contributed by atoms with Gasteiger partial charge in [0.25, 0.3) is 0 Å². The van der Waals surface area contributed by atoms with Crippen LogP contribution in [0.15, 0.2) is 30.3 Å². The standard InChI is InChI=1S/C15H25NO/c1-12(16-13(2)11-17)10-15(3,4)14-8-6-5-7-9-14/h5-9,12-13,16-17H,10-11H2,1-4H3/t12?,13-/m0/s1. The predicted molar refractivity (Wildman–Crippen MR) is 73.2 cm³/mol. The molecule has 2 heteroatoms. The van der Waals surface area contributed by atoms with Gasteiger partial charge < -0.3 is 10.4 Å². The Morgan fingerprint density at radius 2 is 1.71 bits per heavy atom. The molecule has 0 radical (unpaired) electrons. The van der Waals surface area contributed by atoms with Crippen molar-refractivity contribution in [2.75, 3.05) is 6.61 Å². The zero-order valence-corrected chi connectivity index (χ0v) is 11.4. The third-order valence-corrected chi connectivity index (χ3v) is 3.21. The molecule has 0 heterocycles. The minimum atomic E-state index is 0.156. The van der Waals surface area contributed by atoms with Gasteiger partial charge in [0.15, 0.2) is 0 Å². The first-order valence-corrected chi connectivity index (χ1v) is 6.38. The molecule has 0 fully saturated rings. The molecule has 17 heavy (non-hydrogen) atoms. The molecular formula is C15H25NO. The van der Waals surface area contributed by atoms with Gasteiger partial charge in [-0.05, 0) is 31.2 Å². The van der Waals surface area contributed by atoms with Crippen LogP contribution in [0.3, 0.4) is 0 Å². The van der Waals surface area contributed by atoms with Gasteiger partial charge in [0.2, 0.25) is 0 Å². The predicted octanol–water partition coefficient (Wildman–Crippen LogP) is 2.71. The van der Waals surface area contributed by atoms with Crippen LogP contribution in [0.2, 0.25) is 0 Å². The largest absolute Gasteiger partial charge is 0.395 e. The fourth-order valence-corrected chi connectivity index (χ4v) is 2.37. The Bertz CT molecular complexity index is 321. The molecule has 2 atom stereocenters. The van der Waals surface area contributed by atoms with E-state index in [9.17, 15) is 0 Å². The summed E-state index contributed by atoms with van der Waals surface area (Å²) < 4.78 is 0.